The molecule has 27 heavy (non-hydrogen) atoms. The van der Waals surface area contributed by atoms with Crippen molar-refractivity contribution in [1.82, 2.24) is 19.9 Å². The summed E-state index contributed by atoms with van der Waals surface area (Å²) in [6.45, 7) is 1.15. The van der Waals surface area contributed by atoms with Gasteiger partial charge in [0.2, 0.25) is 0 Å². The average molecular weight is 381 g/mol. The van der Waals surface area contributed by atoms with Gasteiger partial charge in [-0.1, -0.05) is 29.8 Å². The Hall–Kier alpha value is -2.99. The van der Waals surface area contributed by atoms with E-state index >= 15 is 0 Å². The summed E-state index contributed by atoms with van der Waals surface area (Å²) in [5.41, 5.74) is 1.24. The molecule has 0 radical (unpaired) electrons. The number of benzene rings is 1. The number of carbonyl (C=O) groups excluding carboxylic acids is 1. The summed E-state index contributed by atoms with van der Waals surface area (Å²) in [5, 5.41) is 0.683. The maximum Gasteiger partial charge on any atom is 0.264 e. The maximum atomic E-state index is 12.8. The van der Waals surface area contributed by atoms with Gasteiger partial charge in [0.05, 0.1) is 0 Å². The molecule has 3 heterocycles. The zero-order valence-corrected chi connectivity index (χ0v) is 15.2. The second kappa shape index (κ2) is 7.32. The van der Waals surface area contributed by atoms with E-state index in [1.807, 2.05) is 30.3 Å². The zero-order chi connectivity index (χ0) is 18.8. The number of nitrogens with zero attached hydrogens (tertiary/aromatic N) is 3. The number of hydrogen-bond donors (Lipinski definition) is 1. The number of hydrogen-bond acceptors (Lipinski definition) is 4. The number of halogens is 1. The van der Waals surface area contributed by atoms with Gasteiger partial charge >= 0.3 is 0 Å². The highest BCUT2D eigenvalue weighted by Crippen LogP contribution is 2.29. The van der Waals surface area contributed by atoms with E-state index in [2.05, 4.69) is 15.0 Å². The lowest BCUT2D eigenvalue weighted by Crippen LogP contribution is -2.33. The molecule has 1 saturated heterocycles. The van der Waals surface area contributed by atoms with Crippen molar-refractivity contribution >= 4 is 17.5 Å². The molecule has 1 fully saturated rings. The first-order chi connectivity index (χ1) is 13.1. The number of likely N-dealkylation sites (tertiary alicyclic amines) is 1. The van der Waals surface area contributed by atoms with Gasteiger partial charge in [-0.15, -0.1) is 0 Å². The molecule has 0 spiro atoms. The lowest BCUT2D eigenvalue weighted by atomic mass is 9.99. The van der Waals surface area contributed by atoms with Crippen LogP contribution in [-0.2, 0) is 0 Å². The van der Waals surface area contributed by atoms with Crippen LogP contribution < -0.4 is 5.56 Å². The van der Waals surface area contributed by atoms with Crippen molar-refractivity contribution in [2.75, 3.05) is 13.1 Å². The first-order valence-corrected chi connectivity index (χ1v) is 9.05. The Morgan fingerprint density at radius 2 is 2.07 bits per heavy atom. The lowest BCUT2D eigenvalue weighted by Gasteiger charge is -2.16. The largest absolute Gasteiger partial charge is 0.338 e. The van der Waals surface area contributed by atoms with E-state index in [4.69, 9.17) is 11.6 Å². The Kier molecular flexibility index (Phi) is 4.73. The van der Waals surface area contributed by atoms with Gasteiger partial charge in [0, 0.05) is 36.4 Å². The number of pyridine rings is 1. The van der Waals surface area contributed by atoms with E-state index in [9.17, 15) is 9.59 Å². The molecule has 7 heteroatoms. The van der Waals surface area contributed by atoms with Crippen LogP contribution in [0.3, 0.4) is 0 Å². The highest BCUT2D eigenvalue weighted by molar-refractivity contribution is 6.30. The zero-order valence-electron chi connectivity index (χ0n) is 14.4. The van der Waals surface area contributed by atoms with Crippen molar-refractivity contribution in [3.8, 4) is 11.5 Å². The maximum absolute atomic E-state index is 12.8. The second-order valence-corrected chi connectivity index (χ2v) is 6.92. The molecule has 1 aromatic carbocycles. The number of carbonyl (C=O) groups is 1. The predicted octanol–water partition coefficient (Wildman–Crippen LogP) is 3.12. The molecule has 1 N–H and O–H groups in total. The van der Waals surface area contributed by atoms with Gasteiger partial charge in [-0.25, -0.2) is 4.98 Å². The monoisotopic (exact) mass is 380 g/mol. The smallest absolute Gasteiger partial charge is 0.264 e. The SMILES string of the molecule is O=C(c1cnc(-c2ccccn2)[nH]c1=O)N1CC[C@H](c2cccc(Cl)c2)C1. The Bertz CT molecular complexity index is 1040. The van der Waals surface area contributed by atoms with Crippen molar-refractivity contribution in [3.63, 3.8) is 0 Å². The number of amides is 1. The van der Waals surface area contributed by atoms with Crippen LogP contribution in [0.2, 0.25) is 5.02 Å². The van der Waals surface area contributed by atoms with Crippen molar-refractivity contribution < 1.29 is 4.79 Å². The third-order valence-corrected chi connectivity index (χ3v) is 4.97. The van der Waals surface area contributed by atoms with Crippen LogP contribution >= 0.6 is 11.6 Å². The summed E-state index contributed by atoms with van der Waals surface area (Å²) >= 11 is 6.06. The topological polar surface area (TPSA) is 79.0 Å². The van der Waals surface area contributed by atoms with Crippen LogP contribution in [0.5, 0.6) is 0 Å². The number of H-pyrrole nitrogens is 1. The molecule has 4 rings (SSSR count). The number of rotatable bonds is 3. The van der Waals surface area contributed by atoms with Gasteiger partial charge in [0.15, 0.2) is 5.82 Å². The highest BCUT2D eigenvalue weighted by atomic mass is 35.5. The Morgan fingerprint density at radius 1 is 1.19 bits per heavy atom. The van der Waals surface area contributed by atoms with E-state index in [1.165, 1.54) is 6.20 Å². The quantitative estimate of drug-likeness (QED) is 0.757. The van der Waals surface area contributed by atoms with Gasteiger partial charge in [-0.05, 0) is 36.2 Å². The molecule has 0 bridgehead atoms. The standard InChI is InChI=1S/C20H17ClN4O2/c21-15-5-3-4-13(10-15)14-7-9-25(12-14)20(27)16-11-23-18(24-19(16)26)17-6-1-2-8-22-17/h1-6,8,10-11,14H,7,9,12H2,(H,23,24,26)/t14-/m0/s1. The van der Waals surface area contributed by atoms with Crippen molar-refractivity contribution in [1.29, 1.82) is 0 Å². The number of nitrogens with one attached hydrogen (secondary N) is 1. The molecular formula is C20H17ClN4O2. The fourth-order valence-corrected chi connectivity index (χ4v) is 3.53. The van der Waals surface area contributed by atoms with Gasteiger partial charge in [0.1, 0.15) is 11.3 Å². The minimum Gasteiger partial charge on any atom is -0.338 e. The molecule has 0 saturated carbocycles. The average Bonchev–Trinajstić information content (AvgIpc) is 3.18. The normalized spacial score (nSPS) is 16.5. The van der Waals surface area contributed by atoms with Crippen LogP contribution in [0.15, 0.2) is 59.7 Å². The summed E-state index contributed by atoms with van der Waals surface area (Å²) in [6, 6.07) is 13.0. The third-order valence-electron chi connectivity index (χ3n) is 4.73. The van der Waals surface area contributed by atoms with Crippen LogP contribution in [0.4, 0.5) is 0 Å². The molecule has 2 aromatic heterocycles. The molecular weight excluding hydrogens is 364 g/mol. The predicted molar refractivity (Wildman–Crippen MR) is 103 cm³/mol. The van der Waals surface area contributed by atoms with Crippen LogP contribution in [0.25, 0.3) is 11.5 Å². The second-order valence-electron chi connectivity index (χ2n) is 6.48. The third kappa shape index (κ3) is 3.61. The molecule has 0 unspecified atom stereocenters. The van der Waals surface area contributed by atoms with E-state index in [1.54, 1.807) is 23.2 Å². The molecule has 3 aromatic rings. The minimum atomic E-state index is -0.457. The van der Waals surface area contributed by atoms with Gasteiger partial charge in [-0.3, -0.25) is 14.6 Å². The Morgan fingerprint density at radius 3 is 2.81 bits per heavy atom. The molecule has 1 atom stereocenters. The van der Waals surface area contributed by atoms with Crippen molar-refractivity contribution in [2.24, 2.45) is 0 Å². The van der Waals surface area contributed by atoms with Crippen LogP contribution in [-0.4, -0.2) is 38.8 Å². The fraction of sp³-hybridized carbons (Fsp3) is 0.200. The summed E-state index contributed by atoms with van der Waals surface area (Å²) in [5.74, 6) is 0.253. The van der Waals surface area contributed by atoms with Gasteiger partial charge in [0.25, 0.3) is 11.5 Å². The molecule has 136 valence electrons. The van der Waals surface area contributed by atoms with Crippen molar-refractivity contribution in [3.05, 3.63) is 81.4 Å². The summed E-state index contributed by atoms with van der Waals surface area (Å²) in [6.07, 6.45) is 3.79. The van der Waals surface area contributed by atoms with E-state index in [0.717, 1.165) is 12.0 Å². The van der Waals surface area contributed by atoms with Gasteiger partial charge < -0.3 is 9.88 Å². The summed E-state index contributed by atoms with van der Waals surface area (Å²) in [7, 11) is 0. The molecule has 0 aliphatic carbocycles. The fourth-order valence-electron chi connectivity index (χ4n) is 3.33. The van der Waals surface area contributed by atoms with E-state index in [-0.39, 0.29) is 17.4 Å². The first kappa shape index (κ1) is 17.4. The van der Waals surface area contributed by atoms with Crippen LogP contribution in [0, 0.1) is 0 Å². The summed E-state index contributed by atoms with van der Waals surface area (Å²) in [4.78, 5) is 37.9. The minimum absolute atomic E-state index is 0.0430. The highest BCUT2D eigenvalue weighted by Gasteiger charge is 2.29. The molecule has 1 aliphatic heterocycles. The number of aromatic nitrogens is 3. The van der Waals surface area contributed by atoms with E-state index < -0.39 is 5.56 Å². The van der Waals surface area contributed by atoms with Crippen molar-refractivity contribution in [2.45, 2.75) is 12.3 Å². The van der Waals surface area contributed by atoms with Gasteiger partial charge in [-0.2, -0.15) is 0 Å². The molecule has 6 nitrogen and oxygen atoms in total. The van der Waals surface area contributed by atoms with Crippen LogP contribution in [0.1, 0.15) is 28.3 Å². The molecule has 1 aliphatic rings. The Labute approximate surface area is 160 Å². The summed E-state index contributed by atoms with van der Waals surface area (Å²) < 4.78 is 0. The number of aromatic amines is 1. The lowest BCUT2D eigenvalue weighted by molar-refractivity contribution is 0.0788. The molecule has 1 amide bonds. The van der Waals surface area contributed by atoms with E-state index in [0.29, 0.717) is 29.6 Å². The Balaban J connectivity index is 1.53. The first-order valence-electron chi connectivity index (χ1n) is 8.67.